The summed E-state index contributed by atoms with van der Waals surface area (Å²) in [6.45, 7) is 4.24. The first-order chi connectivity index (χ1) is 21.8. The van der Waals surface area contributed by atoms with Crippen LogP contribution in [0.5, 0.6) is 5.75 Å². The van der Waals surface area contributed by atoms with E-state index in [9.17, 15) is 22.4 Å². The molecule has 1 aliphatic rings. The molecule has 3 aromatic carbocycles. The summed E-state index contributed by atoms with van der Waals surface area (Å²) in [7, 11) is -3.68. The molecule has 4 rings (SSSR count). The molecule has 1 heterocycles. The maximum Gasteiger partial charge on any atom is 0.261 e. The smallest absolute Gasteiger partial charge is 0.261 e. The van der Waals surface area contributed by atoms with Gasteiger partial charge in [-0.05, 0) is 60.9 Å². The van der Waals surface area contributed by atoms with Crippen LogP contribution in [-0.4, -0.2) is 88.1 Å². The van der Waals surface area contributed by atoms with Gasteiger partial charge in [-0.2, -0.15) is 4.31 Å². The van der Waals surface area contributed by atoms with Gasteiger partial charge in [-0.1, -0.05) is 42.5 Å². The zero-order valence-corrected chi connectivity index (χ0v) is 26.2. The van der Waals surface area contributed by atoms with E-state index in [1.165, 1.54) is 45.6 Å². The van der Waals surface area contributed by atoms with Crippen molar-refractivity contribution in [3.8, 4) is 5.75 Å². The largest absolute Gasteiger partial charge is 0.484 e. The molecule has 1 unspecified atom stereocenters. The Kier molecular flexibility index (Phi) is 12.9. The van der Waals surface area contributed by atoms with Gasteiger partial charge in [0.1, 0.15) is 17.6 Å². The first-order valence-electron chi connectivity index (χ1n) is 15.0. The summed E-state index contributed by atoms with van der Waals surface area (Å²) in [5, 5.41) is 2.93. The van der Waals surface area contributed by atoms with Crippen LogP contribution in [0.4, 0.5) is 4.39 Å². The lowest BCUT2D eigenvalue weighted by atomic mass is 10.0. The minimum Gasteiger partial charge on any atom is -0.484 e. The van der Waals surface area contributed by atoms with E-state index < -0.39 is 34.4 Å². The molecule has 1 fully saturated rings. The quantitative estimate of drug-likeness (QED) is 0.239. The predicted octanol–water partition coefficient (Wildman–Crippen LogP) is 3.41. The highest BCUT2D eigenvalue weighted by atomic mass is 32.2. The Labute approximate surface area is 264 Å². The van der Waals surface area contributed by atoms with Gasteiger partial charge >= 0.3 is 0 Å². The topological polar surface area (TPSA) is 114 Å². The van der Waals surface area contributed by atoms with E-state index in [1.54, 1.807) is 12.1 Å². The number of carbonyl (C=O) groups excluding carboxylic acids is 2. The van der Waals surface area contributed by atoms with Gasteiger partial charge in [0, 0.05) is 45.8 Å². The number of hydrogen-bond acceptors (Lipinski definition) is 7. The van der Waals surface area contributed by atoms with Gasteiger partial charge < -0.3 is 24.4 Å². The third kappa shape index (κ3) is 10.1. The van der Waals surface area contributed by atoms with Crippen LogP contribution in [0.15, 0.2) is 83.8 Å². The lowest BCUT2D eigenvalue weighted by Crippen LogP contribution is -2.52. The number of morpholine rings is 1. The molecule has 10 nitrogen and oxygen atoms in total. The summed E-state index contributed by atoms with van der Waals surface area (Å²) >= 11 is 0. The fourth-order valence-electron chi connectivity index (χ4n) is 4.86. The Balaban J connectivity index is 1.52. The Morgan fingerprint density at radius 1 is 0.978 bits per heavy atom. The molecule has 1 saturated heterocycles. The highest BCUT2D eigenvalue weighted by Gasteiger charge is 2.31. The van der Waals surface area contributed by atoms with E-state index in [0.29, 0.717) is 50.7 Å². The number of ether oxygens (including phenoxy) is 3. The third-order valence-corrected chi connectivity index (χ3v) is 9.21. The van der Waals surface area contributed by atoms with Crippen molar-refractivity contribution in [2.45, 2.75) is 37.2 Å². The Bertz CT molecular complexity index is 1470. The maximum absolute atomic E-state index is 13.8. The first kappa shape index (κ1) is 34.0. The van der Waals surface area contributed by atoms with E-state index in [2.05, 4.69) is 5.32 Å². The summed E-state index contributed by atoms with van der Waals surface area (Å²) in [6, 6.07) is 20.1. The molecule has 1 atom stereocenters. The van der Waals surface area contributed by atoms with Crippen LogP contribution in [0, 0.1) is 5.82 Å². The molecule has 2 amide bonds. The van der Waals surface area contributed by atoms with Crippen molar-refractivity contribution in [3.63, 3.8) is 0 Å². The maximum atomic E-state index is 13.8. The van der Waals surface area contributed by atoms with E-state index in [-0.39, 0.29) is 36.9 Å². The molecule has 0 radical (unpaired) electrons. The van der Waals surface area contributed by atoms with E-state index in [0.717, 1.165) is 5.56 Å². The summed E-state index contributed by atoms with van der Waals surface area (Å²) in [5.41, 5.74) is 1.51. The van der Waals surface area contributed by atoms with Crippen molar-refractivity contribution in [2.24, 2.45) is 0 Å². The number of sulfonamides is 1. The number of carbonyl (C=O) groups is 2. The molecule has 0 aliphatic carbocycles. The molecule has 0 spiro atoms. The number of benzene rings is 3. The van der Waals surface area contributed by atoms with E-state index in [1.807, 2.05) is 37.3 Å². The number of nitrogens with one attached hydrogen (secondary N) is 1. The van der Waals surface area contributed by atoms with Gasteiger partial charge in [0.05, 0.1) is 18.1 Å². The summed E-state index contributed by atoms with van der Waals surface area (Å²) in [5.74, 6) is -0.906. The van der Waals surface area contributed by atoms with Gasteiger partial charge in [0.15, 0.2) is 6.61 Å². The standard InChI is InChI=1S/C33H40FN3O7S/c1-2-42-20-6-17-35-33(39)31(23-26-7-4-3-5-8-26)37(24-27-9-11-28(34)12-10-27)32(38)25-44-29-13-15-30(16-14-29)45(40,41)36-18-21-43-22-19-36/h3-5,7-16,31H,2,6,17-25H2,1H3,(H,35,39). The number of amides is 2. The van der Waals surface area contributed by atoms with Crippen LogP contribution in [0.25, 0.3) is 0 Å². The second kappa shape index (κ2) is 17.0. The molecule has 0 saturated carbocycles. The van der Waals surface area contributed by atoms with Crippen molar-refractivity contribution >= 4 is 21.8 Å². The molecule has 12 heteroatoms. The number of rotatable bonds is 16. The molecule has 45 heavy (non-hydrogen) atoms. The molecule has 1 N–H and O–H groups in total. The van der Waals surface area contributed by atoms with Crippen molar-refractivity contribution in [3.05, 3.63) is 95.8 Å². The molecule has 3 aromatic rings. The van der Waals surface area contributed by atoms with Crippen LogP contribution in [0.2, 0.25) is 0 Å². The lowest BCUT2D eigenvalue weighted by molar-refractivity contribution is -0.142. The normalized spacial score (nSPS) is 14.4. The van der Waals surface area contributed by atoms with Gasteiger partial charge in [-0.3, -0.25) is 9.59 Å². The van der Waals surface area contributed by atoms with Gasteiger partial charge in [0.2, 0.25) is 15.9 Å². The van der Waals surface area contributed by atoms with Crippen LogP contribution < -0.4 is 10.1 Å². The van der Waals surface area contributed by atoms with Crippen LogP contribution in [-0.2, 0) is 42.1 Å². The predicted molar refractivity (Wildman–Crippen MR) is 167 cm³/mol. The monoisotopic (exact) mass is 641 g/mol. The van der Waals surface area contributed by atoms with Crippen LogP contribution >= 0.6 is 0 Å². The third-order valence-electron chi connectivity index (χ3n) is 7.30. The average Bonchev–Trinajstić information content (AvgIpc) is 3.07. The Hall–Kier alpha value is -3.84. The van der Waals surface area contributed by atoms with Gasteiger partial charge in [-0.25, -0.2) is 12.8 Å². The van der Waals surface area contributed by atoms with Crippen LogP contribution in [0.3, 0.4) is 0 Å². The minimum absolute atomic E-state index is 0.0447. The summed E-state index contributed by atoms with van der Waals surface area (Å²) < 4.78 is 57.4. The summed E-state index contributed by atoms with van der Waals surface area (Å²) in [6.07, 6.45) is 0.864. The van der Waals surface area contributed by atoms with Crippen molar-refractivity contribution in [1.29, 1.82) is 0 Å². The highest BCUT2D eigenvalue weighted by Crippen LogP contribution is 2.21. The molecule has 0 aromatic heterocycles. The highest BCUT2D eigenvalue weighted by molar-refractivity contribution is 7.89. The SMILES string of the molecule is CCOCCCNC(=O)C(Cc1ccccc1)N(Cc1ccc(F)cc1)C(=O)COc1ccc(S(=O)(=O)N2CCOCC2)cc1. The van der Waals surface area contributed by atoms with Crippen LogP contribution in [0.1, 0.15) is 24.5 Å². The van der Waals surface area contributed by atoms with Gasteiger partial charge in [0.25, 0.3) is 5.91 Å². The zero-order valence-electron chi connectivity index (χ0n) is 25.4. The fraction of sp³-hybridized carbons (Fsp3) is 0.394. The fourth-order valence-corrected chi connectivity index (χ4v) is 6.27. The second-order valence-electron chi connectivity index (χ2n) is 10.5. The van der Waals surface area contributed by atoms with Gasteiger partial charge in [-0.15, -0.1) is 0 Å². The van der Waals surface area contributed by atoms with Crippen molar-refractivity contribution in [1.82, 2.24) is 14.5 Å². The zero-order chi connectivity index (χ0) is 32.1. The molecule has 242 valence electrons. The van der Waals surface area contributed by atoms with E-state index >= 15 is 0 Å². The molecule has 0 bridgehead atoms. The number of hydrogen-bond donors (Lipinski definition) is 1. The second-order valence-corrected chi connectivity index (χ2v) is 12.4. The van der Waals surface area contributed by atoms with Crippen molar-refractivity contribution in [2.75, 3.05) is 52.7 Å². The first-order valence-corrected chi connectivity index (χ1v) is 16.5. The molecular weight excluding hydrogens is 601 g/mol. The minimum atomic E-state index is -3.68. The Morgan fingerprint density at radius 3 is 2.33 bits per heavy atom. The van der Waals surface area contributed by atoms with E-state index in [4.69, 9.17) is 14.2 Å². The average molecular weight is 642 g/mol. The summed E-state index contributed by atoms with van der Waals surface area (Å²) in [4.78, 5) is 28.9. The number of halogens is 1. The number of nitrogens with zero attached hydrogens (tertiary/aromatic N) is 2. The van der Waals surface area contributed by atoms with Crippen molar-refractivity contribution < 1.29 is 36.6 Å². The lowest BCUT2D eigenvalue weighted by Gasteiger charge is -2.31. The molecular formula is C33H40FN3O7S. The Morgan fingerprint density at radius 2 is 1.67 bits per heavy atom. The molecule has 1 aliphatic heterocycles.